The van der Waals surface area contributed by atoms with E-state index in [9.17, 15) is 8.42 Å². The maximum atomic E-state index is 12.1. The Labute approximate surface area is 116 Å². The Morgan fingerprint density at radius 3 is 2.79 bits per heavy atom. The Balaban J connectivity index is 2.13. The lowest BCUT2D eigenvalue weighted by atomic mass is 10.4. The van der Waals surface area contributed by atoms with E-state index in [1.807, 2.05) is 12.3 Å². The minimum Gasteiger partial charge on any atom is -0.352 e. The average molecular weight is 300 g/mol. The molecule has 0 amide bonds. The molecule has 2 heterocycles. The average Bonchev–Trinajstić information content (AvgIpc) is 2.93. The number of sulfonamides is 1. The van der Waals surface area contributed by atoms with Crippen molar-refractivity contribution in [3.8, 4) is 0 Å². The first-order valence-corrected chi connectivity index (χ1v) is 8.04. The number of hydrogen-bond acceptors (Lipinski definition) is 5. The Morgan fingerprint density at radius 1 is 1.53 bits per heavy atom. The molecule has 0 radical (unpaired) electrons. The molecule has 2 aromatic rings. The van der Waals surface area contributed by atoms with Crippen LogP contribution < -0.4 is 10.5 Å². The van der Waals surface area contributed by atoms with Gasteiger partial charge in [0.15, 0.2) is 0 Å². The third-order valence-corrected chi connectivity index (χ3v) is 4.90. The van der Waals surface area contributed by atoms with E-state index in [0.717, 1.165) is 16.4 Å². The van der Waals surface area contributed by atoms with Gasteiger partial charge in [-0.1, -0.05) is 0 Å². The van der Waals surface area contributed by atoms with Gasteiger partial charge < -0.3 is 10.3 Å². The van der Waals surface area contributed by atoms with Crippen molar-refractivity contribution >= 4 is 21.4 Å². The van der Waals surface area contributed by atoms with Crippen molar-refractivity contribution in [2.45, 2.75) is 24.9 Å². The molecule has 2 aromatic heterocycles. The quantitative estimate of drug-likeness (QED) is 0.851. The standard InChI is InChI=1S/C11H16N4O2S2/c1-8-14-9(7-18-8)5-13-19(16,17)11-3-10(4-12)15(2)6-11/h3,6-7,13H,4-5,12H2,1-2H3. The largest absolute Gasteiger partial charge is 0.352 e. The Morgan fingerprint density at radius 2 is 2.26 bits per heavy atom. The second-order valence-corrected chi connectivity index (χ2v) is 6.99. The van der Waals surface area contributed by atoms with Crippen LogP contribution in [0.25, 0.3) is 0 Å². The summed E-state index contributed by atoms with van der Waals surface area (Å²) in [7, 11) is -1.75. The topological polar surface area (TPSA) is 90.0 Å². The van der Waals surface area contributed by atoms with Gasteiger partial charge in [0.05, 0.1) is 22.1 Å². The molecular weight excluding hydrogens is 284 g/mol. The highest BCUT2D eigenvalue weighted by molar-refractivity contribution is 7.89. The molecule has 19 heavy (non-hydrogen) atoms. The first-order chi connectivity index (χ1) is 8.92. The van der Waals surface area contributed by atoms with Crippen molar-refractivity contribution in [2.75, 3.05) is 0 Å². The molecule has 0 aromatic carbocycles. The SMILES string of the molecule is Cc1nc(CNS(=O)(=O)c2cc(CN)n(C)c2)cs1. The fraction of sp³-hybridized carbons (Fsp3) is 0.364. The predicted molar refractivity (Wildman–Crippen MR) is 74.2 cm³/mol. The van der Waals surface area contributed by atoms with Crippen LogP contribution in [0.1, 0.15) is 16.4 Å². The summed E-state index contributed by atoms with van der Waals surface area (Å²) in [6.07, 6.45) is 1.55. The summed E-state index contributed by atoms with van der Waals surface area (Å²) in [5.74, 6) is 0. The molecule has 3 N–H and O–H groups in total. The minimum atomic E-state index is -3.52. The fourth-order valence-electron chi connectivity index (χ4n) is 1.67. The second kappa shape index (κ2) is 5.41. The van der Waals surface area contributed by atoms with Gasteiger partial charge in [0.2, 0.25) is 10.0 Å². The molecule has 0 saturated carbocycles. The molecular formula is C11H16N4O2S2. The van der Waals surface area contributed by atoms with Crippen LogP contribution in [0.4, 0.5) is 0 Å². The summed E-state index contributed by atoms with van der Waals surface area (Å²) in [4.78, 5) is 4.44. The van der Waals surface area contributed by atoms with Gasteiger partial charge in [0.25, 0.3) is 0 Å². The summed E-state index contributed by atoms with van der Waals surface area (Å²) in [6.45, 7) is 2.38. The minimum absolute atomic E-state index is 0.194. The molecule has 0 aliphatic heterocycles. The van der Waals surface area contributed by atoms with Crippen LogP contribution in [-0.4, -0.2) is 18.0 Å². The number of thiazole rings is 1. The summed E-state index contributed by atoms with van der Waals surface area (Å²) in [5.41, 5.74) is 7.02. The normalized spacial score (nSPS) is 11.9. The second-order valence-electron chi connectivity index (χ2n) is 4.16. The van der Waals surface area contributed by atoms with Crippen LogP contribution in [0.5, 0.6) is 0 Å². The molecule has 0 unspecified atom stereocenters. The smallest absolute Gasteiger partial charge is 0.242 e. The highest BCUT2D eigenvalue weighted by Gasteiger charge is 2.17. The van der Waals surface area contributed by atoms with Gasteiger partial charge in [-0.25, -0.2) is 18.1 Å². The lowest BCUT2D eigenvalue weighted by Gasteiger charge is -2.02. The van der Waals surface area contributed by atoms with Crippen molar-refractivity contribution in [2.24, 2.45) is 12.8 Å². The van der Waals surface area contributed by atoms with E-state index in [1.165, 1.54) is 11.3 Å². The Hall–Kier alpha value is -1.22. The maximum Gasteiger partial charge on any atom is 0.242 e. The summed E-state index contributed by atoms with van der Waals surface area (Å²) in [6, 6.07) is 1.58. The van der Waals surface area contributed by atoms with Crippen LogP contribution in [0.3, 0.4) is 0 Å². The summed E-state index contributed by atoms with van der Waals surface area (Å²) >= 11 is 1.49. The van der Waals surface area contributed by atoms with Gasteiger partial charge in [-0.05, 0) is 13.0 Å². The zero-order valence-electron chi connectivity index (χ0n) is 10.8. The van der Waals surface area contributed by atoms with E-state index in [2.05, 4.69) is 9.71 Å². The molecule has 0 saturated heterocycles. The molecule has 8 heteroatoms. The molecule has 0 fully saturated rings. The fourth-order valence-corrected chi connectivity index (χ4v) is 3.37. The molecule has 6 nitrogen and oxygen atoms in total. The van der Waals surface area contributed by atoms with E-state index in [0.29, 0.717) is 6.54 Å². The van der Waals surface area contributed by atoms with Crippen molar-refractivity contribution in [3.63, 3.8) is 0 Å². The highest BCUT2D eigenvalue weighted by atomic mass is 32.2. The van der Waals surface area contributed by atoms with Gasteiger partial charge in [-0.3, -0.25) is 0 Å². The number of nitrogens with zero attached hydrogens (tertiary/aromatic N) is 2. The Bertz CT molecular complexity index is 673. The van der Waals surface area contributed by atoms with Gasteiger partial charge in [-0.15, -0.1) is 11.3 Å². The van der Waals surface area contributed by atoms with E-state index < -0.39 is 10.0 Å². The first-order valence-electron chi connectivity index (χ1n) is 5.68. The van der Waals surface area contributed by atoms with Crippen LogP contribution >= 0.6 is 11.3 Å². The summed E-state index contributed by atoms with van der Waals surface area (Å²) in [5, 5.41) is 2.76. The Kier molecular flexibility index (Phi) is 4.04. The van der Waals surface area contributed by atoms with Gasteiger partial charge in [0.1, 0.15) is 0 Å². The van der Waals surface area contributed by atoms with E-state index >= 15 is 0 Å². The van der Waals surface area contributed by atoms with Crippen molar-refractivity contribution in [3.05, 3.63) is 34.0 Å². The van der Waals surface area contributed by atoms with Crippen LogP contribution in [0.2, 0.25) is 0 Å². The number of hydrogen-bond donors (Lipinski definition) is 2. The molecule has 0 aliphatic carbocycles. The van der Waals surface area contributed by atoms with E-state index in [4.69, 9.17) is 5.73 Å². The van der Waals surface area contributed by atoms with Gasteiger partial charge in [0, 0.05) is 30.9 Å². The van der Waals surface area contributed by atoms with E-state index in [-0.39, 0.29) is 11.4 Å². The number of rotatable bonds is 5. The van der Waals surface area contributed by atoms with Crippen molar-refractivity contribution in [1.29, 1.82) is 0 Å². The third-order valence-electron chi connectivity index (χ3n) is 2.71. The predicted octanol–water partition coefficient (Wildman–Crippen LogP) is 0.727. The van der Waals surface area contributed by atoms with Crippen LogP contribution in [0.15, 0.2) is 22.5 Å². The molecule has 0 atom stereocenters. The first kappa shape index (κ1) is 14.2. The zero-order chi connectivity index (χ0) is 14.0. The number of aryl methyl sites for hydroxylation is 2. The lowest BCUT2D eigenvalue weighted by Crippen LogP contribution is -2.23. The molecule has 104 valence electrons. The molecule has 0 spiro atoms. The van der Waals surface area contributed by atoms with Crippen molar-refractivity contribution in [1.82, 2.24) is 14.3 Å². The van der Waals surface area contributed by atoms with Gasteiger partial charge in [-0.2, -0.15) is 0 Å². The zero-order valence-corrected chi connectivity index (χ0v) is 12.4. The van der Waals surface area contributed by atoms with Crippen LogP contribution in [0, 0.1) is 6.92 Å². The van der Waals surface area contributed by atoms with Crippen molar-refractivity contribution < 1.29 is 8.42 Å². The summed E-state index contributed by atoms with van der Waals surface area (Å²) < 4.78 is 28.4. The molecule has 0 bridgehead atoms. The lowest BCUT2D eigenvalue weighted by molar-refractivity contribution is 0.580. The van der Waals surface area contributed by atoms with Gasteiger partial charge >= 0.3 is 0 Å². The number of nitrogens with one attached hydrogen (secondary N) is 1. The molecule has 0 aliphatic rings. The maximum absolute atomic E-state index is 12.1. The van der Waals surface area contributed by atoms with E-state index in [1.54, 1.807) is 23.9 Å². The van der Waals surface area contributed by atoms with Crippen LogP contribution in [-0.2, 0) is 30.2 Å². The number of nitrogens with two attached hydrogens (primary N) is 1. The monoisotopic (exact) mass is 300 g/mol. The molecule has 2 rings (SSSR count). The third kappa shape index (κ3) is 3.21. The highest BCUT2D eigenvalue weighted by Crippen LogP contribution is 2.14. The number of aromatic nitrogens is 2.